The second kappa shape index (κ2) is 7.45. The van der Waals surface area contributed by atoms with E-state index < -0.39 is 0 Å². The maximum Gasteiger partial charge on any atom is 0.137 e. The van der Waals surface area contributed by atoms with Crippen molar-refractivity contribution in [3.05, 3.63) is 17.0 Å². The van der Waals surface area contributed by atoms with Crippen LogP contribution in [-0.2, 0) is 6.42 Å². The zero-order valence-electron chi connectivity index (χ0n) is 10.5. The number of anilines is 1. The summed E-state index contributed by atoms with van der Waals surface area (Å²) >= 11 is 6.11. The van der Waals surface area contributed by atoms with Gasteiger partial charge < -0.3 is 10.0 Å². The summed E-state index contributed by atoms with van der Waals surface area (Å²) in [5, 5.41) is 9.62. The molecule has 0 unspecified atom stereocenters. The molecule has 0 aromatic carbocycles. The van der Waals surface area contributed by atoms with Crippen LogP contribution in [-0.4, -0.2) is 34.8 Å². The van der Waals surface area contributed by atoms with Crippen molar-refractivity contribution in [1.29, 1.82) is 0 Å². The molecule has 1 rings (SSSR count). The zero-order chi connectivity index (χ0) is 12.7. The molecule has 4 nitrogen and oxygen atoms in total. The summed E-state index contributed by atoms with van der Waals surface area (Å²) in [6, 6.07) is 0. The van der Waals surface area contributed by atoms with Crippen molar-refractivity contribution >= 4 is 17.4 Å². The standard InChI is InChI=1S/C12H20ClN3O/c1-3-5-10-11(13)14-9-15-12(10)16(6-4-2)7-8-17/h9,17H,3-8H2,1-2H3. The van der Waals surface area contributed by atoms with Gasteiger partial charge in [0, 0.05) is 18.7 Å². The summed E-state index contributed by atoms with van der Waals surface area (Å²) in [5.41, 5.74) is 0.985. The van der Waals surface area contributed by atoms with E-state index in [2.05, 4.69) is 28.7 Å². The Morgan fingerprint density at radius 3 is 2.59 bits per heavy atom. The van der Waals surface area contributed by atoms with Gasteiger partial charge in [0.1, 0.15) is 17.3 Å². The van der Waals surface area contributed by atoms with Crippen molar-refractivity contribution in [1.82, 2.24) is 9.97 Å². The highest BCUT2D eigenvalue weighted by Crippen LogP contribution is 2.24. The lowest BCUT2D eigenvalue weighted by molar-refractivity contribution is 0.301. The van der Waals surface area contributed by atoms with Gasteiger partial charge in [-0.15, -0.1) is 0 Å². The molecule has 5 heteroatoms. The number of aromatic nitrogens is 2. The molecular weight excluding hydrogens is 238 g/mol. The van der Waals surface area contributed by atoms with Gasteiger partial charge in [0.25, 0.3) is 0 Å². The minimum Gasteiger partial charge on any atom is -0.395 e. The fourth-order valence-corrected chi connectivity index (χ4v) is 2.06. The van der Waals surface area contributed by atoms with Crippen LogP contribution in [0.25, 0.3) is 0 Å². The molecule has 0 saturated heterocycles. The maximum absolute atomic E-state index is 9.10. The fourth-order valence-electron chi connectivity index (χ4n) is 1.83. The van der Waals surface area contributed by atoms with E-state index in [9.17, 15) is 0 Å². The highest BCUT2D eigenvalue weighted by atomic mass is 35.5. The Morgan fingerprint density at radius 2 is 2.00 bits per heavy atom. The molecule has 1 heterocycles. The Kier molecular flexibility index (Phi) is 6.22. The van der Waals surface area contributed by atoms with E-state index in [1.165, 1.54) is 6.33 Å². The molecule has 0 fully saturated rings. The highest BCUT2D eigenvalue weighted by molar-refractivity contribution is 6.30. The van der Waals surface area contributed by atoms with E-state index in [1.807, 2.05) is 0 Å². The predicted molar refractivity (Wildman–Crippen MR) is 70.6 cm³/mol. The molecule has 0 amide bonds. The summed E-state index contributed by atoms with van der Waals surface area (Å²) in [5.74, 6) is 0.864. The summed E-state index contributed by atoms with van der Waals surface area (Å²) in [6.07, 6.45) is 4.35. The third-order valence-electron chi connectivity index (χ3n) is 2.53. The first-order valence-corrected chi connectivity index (χ1v) is 6.47. The van der Waals surface area contributed by atoms with Crippen LogP contribution < -0.4 is 4.90 Å². The molecule has 17 heavy (non-hydrogen) atoms. The van der Waals surface area contributed by atoms with E-state index in [0.717, 1.165) is 37.2 Å². The van der Waals surface area contributed by atoms with E-state index in [0.29, 0.717) is 11.7 Å². The van der Waals surface area contributed by atoms with Crippen molar-refractivity contribution < 1.29 is 5.11 Å². The molecule has 0 radical (unpaired) electrons. The molecule has 0 bridgehead atoms. The quantitative estimate of drug-likeness (QED) is 0.762. The number of aliphatic hydroxyl groups excluding tert-OH is 1. The normalized spacial score (nSPS) is 10.6. The molecule has 1 aromatic heterocycles. The Morgan fingerprint density at radius 1 is 1.24 bits per heavy atom. The predicted octanol–water partition coefficient (Wildman–Crippen LogP) is 2.29. The molecule has 0 saturated carbocycles. The minimum atomic E-state index is 0.118. The van der Waals surface area contributed by atoms with Gasteiger partial charge in [-0.25, -0.2) is 9.97 Å². The van der Waals surface area contributed by atoms with Crippen LogP contribution in [0.2, 0.25) is 5.15 Å². The molecule has 0 aliphatic heterocycles. The molecule has 96 valence electrons. The van der Waals surface area contributed by atoms with Crippen molar-refractivity contribution in [2.75, 3.05) is 24.6 Å². The van der Waals surface area contributed by atoms with Crippen LogP contribution in [0.4, 0.5) is 5.82 Å². The van der Waals surface area contributed by atoms with Gasteiger partial charge in [0.15, 0.2) is 0 Å². The van der Waals surface area contributed by atoms with Gasteiger partial charge in [-0.2, -0.15) is 0 Å². The largest absolute Gasteiger partial charge is 0.395 e. The van der Waals surface area contributed by atoms with Crippen molar-refractivity contribution in [2.45, 2.75) is 33.1 Å². The second-order valence-corrected chi connectivity index (χ2v) is 4.29. The number of hydrogen-bond donors (Lipinski definition) is 1. The third-order valence-corrected chi connectivity index (χ3v) is 2.86. The monoisotopic (exact) mass is 257 g/mol. The molecule has 0 spiro atoms. The maximum atomic E-state index is 9.10. The van der Waals surface area contributed by atoms with Crippen LogP contribution >= 0.6 is 11.6 Å². The summed E-state index contributed by atoms with van der Waals surface area (Å²) < 4.78 is 0. The Balaban J connectivity index is 3.03. The van der Waals surface area contributed by atoms with Crippen molar-refractivity contribution in [3.8, 4) is 0 Å². The van der Waals surface area contributed by atoms with Gasteiger partial charge >= 0.3 is 0 Å². The Hall–Kier alpha value is -0.870. The van der Waals surface area contributed by atoms with E-state index in [1.54, 1.807) is 0 Å². The summed E-state index contributed by atoms with van der Waals surface area (Å²) in [4.78, 5) is 10.4. The average molecular weight is 258 g/mol. The topological polar surface area (TPSA) is 49.2 Å². The second-order valence-electron chi connectivity index (χ2n) is 3.93. The Bertz CT molecular complexity index is 341. The first-order valence-electron chi connectivity index (χ1n) is 6.09. The first-order chi connectivity index (χ1) is 8.24. The SMILES string of the molecule is CCCc1c(Cl)ncnc1N(CCC)CCO. The lowest BCUT2D eigenvalue weighted by Gasteiger charge is -2.24. The Labute approximate surface area is 108 Å². The first kappa shape index (κ1) is 14.2. The van der Waals surface area contributed by atoms with Gasteiger partial charge in [0.2, 0.25) is 0 Å². The van der Waals surface area contributed by atoms with Gasteiger partial charge in [0.05, 0.1) is 6.61 Å². The summed E-state index contributed by atoms with van der Waals surface area (Å²) in [7, 11) is 0. The van der Waals surface area contributed by atoms with Crippen LogP contribution in [0.1, 0.15) is 32.3 Å². The van der Waals surface area contributed by atoms with Crippen LogP contribution in [0.5, 0.6) is 0 Å². The van der Waals surface area contributed by atoms with E-state index in [-0.39, 0.29) is 6.61 Å². The molecule has 0 atom stereocenters. The summed E-state index contributed by atoms with van der Waals surface area (Å²) in [6.45, 7) is 5.77. The lowest BCUT2D eigenvalue weighted by atomic mass is 10.1. The minimum absolute atomic E-state index is 0.118. The highest BCUT2D eigenvalue weighted by Gasteiger charge is 2.14. The van der Waals surface area contributed by atoms with Crippen molar-refractivity contribution in [2.24, 2.45) is 0 Å². The molecule has 1 aromatic rings. The van der Waals surface area contributed by atoms with Crippen LogP contribution in [0.3, 0.4) is 0 Å². The van der Waals surface area contributed by atoms with Crippen LogP contribution in [0, 0.1) is 0 Å². The number of aliphatic hydroxyl groups is 1. The average Bonchev–Trinajstić information content (AvgIpc) is 2.32. The molecular formula is C12H20ClN3O. The van der Waals surface area contributed by atoms with Gasteiger partial charge in [-0.3, -0.25) is 0 Å². The zero-order valence-corrected chi connectivity index (χ0v) is 11.2. The fraction of sp³-hybridized carbons (Fsp3) is 0.667. The van der Waals surface area contributed by atoms with E-state index in [4.69, 9.17) is 16.7 Å². The number of rotatable bonds is 7. The molecule has 1 N–H and O–H groups in total. The smallest absolute Gasteiger partial charge is 0.137 e. The molecule has 0 aliphatic rings. The number of hydrogen-bond acceptors (Lipinski definition) is 4. The lowest BCUT2D eigenvalue weighted by Crippen LogP contribution is -2.29. The van der Waals surface area contributed by atoms with Crippen molar-refractivity contribution in [3.63, 3.8) is 0 Å². The van der Waals surface area contributed by atoms with E-state index >= 15 is 0 Å². The van der Waals surface area contributed by atoms with Gasteiger partial charge in [-0.1, -0.05) is 31.9 Å². The number of halogens is 1. The number of nitrogens with zero attached hydrogens (tertiary/aromatic N) is 3. The molecule has 0 aliphatic carbocycles. The van der Waals surface area contributed by atoms with Crippen LogP contribution in [0.15, 0.2) is 6.33 Å². The third kappa shape index (κ3) is 3.82. The van der Waals surface area contributed by atoms with Gasteiger partial charge in [-0.05, 0) is 12.8 Å².